The zero-order chi connectivity index (χ0) is 16.0. The van der Waals surface area contributed by atoms with E-state index in [0.717, 1.165) is 5.56 Å². The first-order valence-corrected chi connectivity index (χ1v) is 7.92. The van der Waals surface area contributed by atoms with Gasteiger partial charge in [0.1, 0.15) is 0 Å². The van der Waals surface area contributed by atoms with Gasteiger partial charge in [0, 0.05) is 16.5 Å². The van der Waals surface area contributed by atoms with Crippen molar-refractivity contribution in [3.05, 3.63) is 83.9 Å². The standard InChI is InChI=1S/C22H19N/c1-4-17-7-9-18(10-8-17)23-21-11-5-15(2)13-19(21)20-14-16(3)6-12-22(20)23/h4-14H,1H2,2-3H3. The van der Waals surface area contributed by atoms with Crippen LogP contribution in [0.15, 0.2) is 67.2 Å². The van der Waals surface area contributed by atoms with Crippen LogP contribution in [0.3, 0.4) is 0 Å². The summed E-state index contributed by atoms with van der Waals surface area (Å²) in [6.45, 7) is 8.14. The van der Waals surface area contributed by atoms with Gasteiger partial charge in [-0.25, -0.2) is 0 Å². The molecule has 1 heteroatoms. The first-order valence-electron chi connectivity index (χ1n) is 7.92. The SMILES string of the molecule is C=Cc1ccc(-n2c3ccc(C)cc3c3cc(C)ccc32)cc1. The summed E-state index contributed by atoms with van der Waals surface area (Å²) in [5.74, 6) is 0. The van der Waals surface area contributed by atoms with Crippen LogP contribution in [-0.2, 0) is 0 Å². The van der Waals surface area contributed by atoms with E-state index in [1.165, 1.54) is 38.6 Å². The van der Waals surface area contributed by atoms with E-state index in [2.05, 4.69) is 85.7 Å². The van der Waals surface area contributed by atoms with Gasteiger partial charge in [-0.05, 0) is 55.8 Å². The summed E-state index contributed by atoms with van der Waals surface area (Å²) in [5.41, 5.74) is 7.41. The number of fused-ring (bicyclic) bond motifs is 3. The van der Waals surface area contributed by atoms with Crippen molar-refractivity contribution in [3.63, 3.8) is 0 Å². The Balaban J connectivity index is 2.12. The molecule has 3 aromatic carbocycles. The Morgan fingerprint density at radius 2 is 1.26 bits per heavy atom. The summed E-state index contributed by atoms with van der Waals surface area (Å²) in [6, 6.07) is 21.9. The normalized spacial score (nSPS) is 11.2. The molecule has 0 saturated carbocycles. The Morgan fingerprint density at radius 3 is 1.74 bits per heavy atom. The van der Waals surface area contributed by atoms with Gasteiger partial charge in [0.2, 0.25) is 0 Å². The second-order valence-electron chi connectivity index (χ2n) is 6.17. The number of hydrogen-bond donors (Lipinski definition) is 0. The number of aryl methyl sites for hydroxylation is 2. The number of benzene rings is 3. The third-order valence-corrected chi connectivity index (χ3v) is 4.46. The molecule has 0 unspecified atom stereocenters. The molecule has 0 fully saturated rings. The summed E-state index contributed by atoms with van der Waals surface area (Å²) in [4.78, 5) is 0. The van der Waals surface area contributed by atoms with Gasteiger partial charge in [-0.3, -0.25) is 0 Å². The highest BCUT2D eigenvalue weighted by Crippen LogP contribution is 2.33. The second-order valence-corrected chi connectivity index (χ2v) is 6.17. The Morgan fingerprint density at radius 1 is 0.739 bits per heavy atom. The van der Waals surface area contributed by atoms with E-state index in [1.807, 2.05) is 6.08 Å². The first-order chi connectivity index (χ1) is 11.2. The summed E-state index contributed by atoms with van der Waals surface area (Å²) < 4.78 is 2.34. The molecule has 4 rings (SSSR count). The minimum Gasteiger partial charge on any atom is -0.309 e. The molecule has 4 aromatic rings. The molecule has 0 atom stereocenters. The molecule has 0 radical (unpaired) electrons. The number of hydrogen-bond acceptors (Lipinski definition) is 0. The fourth-order valence-corrected chi connectivity index (χ4v) is 3.29. The van der Waals surface area contributed by atoms with Crippen molar-refractivity contribution in [1.29, 1.82) is 0 Å². The monoisotopic (exact) mass is 297 g/mol. The Bertz CT molecular complexity index is 974. The lowest BCUT2D eigenvalue weighted by Gasteiger charge is -2.08. The van der Waals surface area contributed by atoms with Gasteiger partial charge in [0.15, 0.2) is 0 Å². The molecule has 0 saturated heterocycles. The van der Waals surface area contributed by atoms with Gasteiger partial charge in [-0.1, -0.05) is 48.0 Å². The molecule has 1 heterocycles. The van der Waals surface area contributed by atoms with Crippen LogP contribution in [0.2, 0.25) is 0 Å². The fraction of sp³-hybridized carbons (Fsp3) is 0.0909. The third kappa shape index (κ3) is 2.17. The maximum Gasteiger partial charge on any atom is 0.0541 e. The van der Waals surface area contributed by atoms with Crippen molar-refractivity contribution in [1.82, 2.24) is 4.57 Å². The molecule has 0 amide bonds. The lowest BCUT2D eigenvalue weighted by Crippen LogP contribution is -1.93. The Kier molecular flexibility index (Phi) is 3.09. The van der Waals surface area contributed by atoms with Crippen molar-refractivity contribution in [3.8, 4) is 5.69 Å². The number of nitrogens with zero attached hydrogens (tertiary/aromatic N) is 1. The largest absolute Gasteiger partial charge is 0.309 e. The maximum absolute atomic E-state index is 3.84. The molecule has 0 aliphatic heterocycles. The topological polar surface area (TPSA) is 4.93 Å². The van der Waals surface area contributed by atoms with E-state index >= 15 is 0 Å². The summed E-state index contributed by atoms with van der Waals surface area (Å²) in [7, 11) is 0. The van der Waals surface area contributed by atoms with Gasteiger partial charge < -0.3 is 4.57 Å². The molecule has 0 bridgehead atoms. The first kappa shape index (κ1) is 13.8. The van der Waals surface area contributed by atoms with Gasteiger partial charge in [-0.15, -0.1) is 0 Å². The Labute approximate surface area is 136 Å². The second kappa shape index (κ2) is 5.13. The minimum atomic E-state index is 1.14. The molecule has 112 valence electrons. The minimum absolute atomic E-state index is 1.14. The van der Waals surface area contributed by atoms with E-state index < -0.39 is 0 Å². The average molecular weight is 297 g/mol. The molecule has 0 aliphatic carbocycles. The predicted molar refractivity (Wildman–Crippen MR) is 100 cm³/mol. The van der Waals surface area contributed by atoms with Crippen LogP contribution < -0.4 is 0 Å². The smallest absolute Gasteiger partial charge is 0.0541 e. The van der Waals surface area contributed by atoms with Crippen molar-refractivity contribution < 1.29 is 0 Å². The van der Waals surface area contributed by atoms with Crippen molar-refractivity contribution in [2.75, 3.05) is 0 Å². The Hall–Kier alpha value is -2.80. The maximum atomic E-state index is 3.84. The summed E-state index contributed by atoms with van der Waals surface area (Å²) in [5, 5.41) is 2.63. The van der Waals surface area contributed by atoms with Crippen LogP contribution in [-0.4, -0.2) is 4.57 Å². The van der Waals surface area contributed by atoms with Gasteiger partial charge >= 0.3 is 0 Å². The summed E-state index contributed by atoms with van der Waals surface area (Å²) in [6.07, 6.45) is 1.88. The third-order valence-electron chi connectivity index (χ3n) is 4.46. The van der Waals surface area contributed by atoms with Crippen LogP contribution in [0.4, 0.5) is 0 Å². The molecule has 0 aliphatic rings. The molecular formula is C22H19N. The van der Waals surface area contributed by atoms with E-state index in [-0.39, 0.29) is 0 Å². The number of aromatic nitrogens is 1. The molecular weight excluding hydrogens is 278 g/mol. The van der Waals surface area contributed by atoms with E-state index in [1.54, 1.807) is 0 Å². The quantitative estimate of drug-likeness (QED) is 0.425. The van der Waals surface area contributed by atoms with E-state index in [0.29, 0.717) is 0 Å². The van der Waals surface area contributed by atoms with Crippen LogP contribution in [0.1, 0.15) is 16.7 Å². The fourth-order valence-electron chi connectivity index (χ4n) is 3.29. The van der Waals surface area contributed by atoms with Gasteiger partial charge in [0.05, 0.1) is 11.0 Å². The van der Waals surface area contributed by atoms with Crippen LogP contribution in [0, 0.1) is 13.8 Å². The molecule has 1 aromatic heterocycles. The van der Waals surface area contributed by atoms with Crippen LogP contribution in [0.5, 0.6) is 0 Å². The highest BCUT2D eigenvalue weighted by molar-refractivity contribution is 6.09. The molecule has 1 nitrogen and oxygen atoms in total. The zero-order valence-electron chi connectivity index (χ0n) is 13.5. The highest BCUT2D eigenvalue weighted by Gasteiger charge is 2.12. The molecule has 0 spiro atoms. The van der Waals surface area contributed by atoms with Crippen LogP contribution in [0.25, 0.3) is 33.6 Å². The lowest BCUT2D eigenvalue weighted by molar-refractivity contribution is 1.18. The summed E-state index contributed by atoms with van der Waals surface area (Å²) >= 11 is 0. The molecule has 0 N–H and O–H groups in total. The van der Waals surface area contributed by atoms with E-state index in [4.69, 9.17) is 0 Å². The van der Waals surface area contributed by atoms with Crippen LogP contribution >= 0.6 is 0 Å². The van der Waals surface area contributed by atoms with Crippen molar-refractivity contribution in [2.45, 2.75) is 13.8 Å². The highest BCUT2D eigenvalue weighted by atomic mass is 15.0. The van der Waals surface area contributed by atoms with Gasteiger partial charge in [-0.2, -0.15) is 0 Å². The van der Waals surface area contributed by atoms with E-state index in [9.17, 15) is 0 Å². The van der Waals surface area contributed by atoms with Gasteiger partial charge in [0.25, 0.3) is 0 Å². The lowest BCUT2D eigenvalue weighted by atomic mass is 10.1. The van der Waals surface area contributed by atoms with Crippen molar-refractivity contribution in [2.24, 2.45) is 0 Å². The molecule has 23 heavy (non-hydrogen) atoms. The number of rotatable bonds is 2. The average Bonchev–Trinajstić information content (AvgIpc) is 2.88. The zero-order valence-corrected chi connectivity index (χ0v) is 13.5. The van der Waals surface area contributed by atoms with Crippen molar-refractivity contribution >= 4 is 27.9 Å². The predicted octanol–water partition coefficient (Wildman–Crippen LogP) is 6.04.